The molecule has 0 spiro atoms. The van der Waals surface area contributed by atoms with E-state index >= 15 is 0 Å². The van der Waals surface area contributed by atoms with Gasteiger partial charge in [0.25, 0.3) is 0 Å². The van der Waals surface area contributed by atoms with Crippen LogP contribution in [0.4, 0.5) is 4.39 Å². The van der Waals surface area contributed by atoms with Gasteiger partial charge >= 0.3 is 7.12 Å². The molecule has 1 heterocycles. The molecule has 0 atom stereocenters. The van der Waals surface area contributed by atoms with E-state index in [0.717, 1.165) is 16.6 Å². The van der Waals surface area contributed by atoms with Crippen LogP contribution in [-0.4, -0.2) is 17.9 Å². The van der Waals surface area contributed by atoms with E-state index in [1.165, 1.54) is 30.3 Å². The predicted molar refractivity (Wildman–Crippen MR) is 78.6 cm³/mol. The van der Waals surface area contributed by atoms with Crippen LogP contribution in [0, 0.1) is 5.82 Å². The molecule has 0 radical (unpaired) electrons. The molecule has 0 saturated heterocycles. The Bertz CT molecular complexity index is 710. The molecule has 5 heteroatoms. The van der Waals surface area contributed by atoms with Gasteiger partial charge in [0.1, 0.15) is 5.82 Å². The van der Waals surface area contributed by atoms with E-state index in [1.54, 1.807) is 12.1 Å². The minimum atomic E-state index is -0.902. The number of benzene rings is 2. The van der Waals surface area contributed by atoms with E-state index in [0.29, 0.717) is 12.2 Å². The third-order valence-electron chi connectivity index (χ3n) is 3.39. The molecule has 1 aliphatic heterocycles. The average molecular weight is 282 g/mol. The summed E-state index contributed by atoms with van der Waals surface area (Å²) in [6.07, 6.45) is 3.09. The third-order valence-corrected chi connectivity index (χ3v) is 3.39. The molecule has 1 aliphatic rings. The van der Waals surface area contributed by atoms with Crippen molar-refractivity contribution in [2.75, 3.05) is 0 Å². The fourth-order valence-corrected chi connectivity index (χ4v) is 2.22. The Hall–Kier alpha value is -2.24. The molecular weight excluding hydrogens is 270 g/mol. The van der Waals surface area contributed by atoms with Crippen molar-refractivity contribution in [3.63, 3.8) is 0 Å². The van der Waals surface area contributed by atoms with Crippen molar-refractivity contribution in [2.24, 2.45) is 0 Å². The number of hydrogen-bond donors (Lipinski definition) is 1. The van der Waals surface area contributed by atoms with Gasteiger partial charge in [-0.3, -0.25) is 4.79 Å². The Morgan fingerprint density at radius 3 is 2.76 bits per heavy atom. The molecule has 0 amide bonds. The first-order chi connectivity index (χ1) is 10.1. The number of rotatable bonds is 3. The second kappa shape index (κ2) is 5.64. The first-order valence-corrected chi connectivity index (χ1v) is 6.54. The molecule has 3 nitrogen and oxygen atoms in total. The first-order valence-electron chi connectivity index (χ1n) is 6.54. The lowest BCUT2D eigenvalue weighted by Gasteiger charge is -2.00. The van der Waals surface area contributed by atoms with Crippen LogP contribution in [0.15, 0.2) is 48.5 Å². The topological polar surface area (TPSA) is 46.5 Å². The van der Waals surface area contributed by atoms with Gasteiger partial charge in [-0.25, -0.2) is 4.39 Å². The summed E-state index contributed by atoms with van der Waals surface area (Å²) in [7, 11) is -0.902. The highest BCUT2D eigenvalue weighted by atomic mass is 19.1. The second-order valence-electron chi connectivity index (χ2n) is 4.83. The van der Waals surface area contributed by atoms with Crippen LogP contribution in [0.5, 0.6) is 0 Å². The Labute approximate surface area is 121 Å². The minimum absolute atomic E-state index is 0.202. The van der Waals surface area contributed by atoms with Gasteiger partial charge in [0.2, 0.25) is 0 Å². The summed E-state index contributed by atoms with van der Waals surface area (Å²) in [6, 6.07) is 10.9. The number of halogens is 1. The van der Waals surface area contributed by atoms with Gasteiger partial charge in [0, 0.05) is 5.56 Å². The maximum Gasteiger partial charge on any atom is 0.491 e. The molecule has 21 heavy (non-hydrogen) atoms. The van der Waals surface area contributed by atoms with Crippen molar-refractivity contribution in [3.8, 4) is 0 Å². The zero-order chi connectivity index (χ0) is 14.8. The van der Waals surface area contributed by atoms with Gasteiger partial charge in [-0.1, -0.05) is 24.3 Å². The van der Waals surface area contributed by atoms with Crippen molar-refractivity contribution in [1.82, 2.24) is 0 Å². The summed E-state index contributed by atoms with van der Waals surface area (Å²) in [5, 5.41) is 9.64. The van der Waals surface area contributed by atoms with Crippen molar-refractivity contribution < 1.29 is 18.9 Å². The number of carbonyl (C=O) groups excluding carboxylic acids is 1. The van der Waals surface area contributed by atoms with E-state index in [4.69, 9.17) is 4.65 Å². The zero-order valence-electron chi connectivity index (χ0n) is 11.1. The van der Waals surface area contributed by atoms with Crippen LogP contribution in [0.25, 0.3) is 6.08 Å². The zero-order valence-corrected chi connectivity index (χ0v) is 11.1. The van der Waals surface area contributed by atoms with E-state index in [-0.39, 0.29) is 11.6 Å². The standard InChI is InChI=1S/C16H12BFO3/c18-14-6-4-12(5-7-14)16(19)8-2-11-1-3-13-10-21-17(20)15(13)9-11/h1-9,20H,10H2/b8-2+. The number of allylic oxidation sites excluding steroid dienone is 1. The van der Waals surface area contributed by atoms with E-state index < -0.39 is 7.12 Å². The smallest absolute Gasteiger partial charge is 0.423 e. The first kappa shape index (κ1) is 13.7. The quantitative estimate of drug-likeness (QED) is 0.531. The Morgan fingerprint density at radius 2 is 2.00 bits per heavy atom. The Kier molecular flexibility index (Phi) is 3.69. The summed E-state index contributed by atoms with van der Waals surface area (Å²) in [5.74, 6) is -0.574. The molecule has 3 rings (SSSR count). The Balaban J connectivity index is 1.78. The van der Waals surface area contributed by atoms with Crippen LogP contribution in [0.3, 0.4) is 0 Å². The van der Waals surface area contributed by atoms with Crippen molar-refractivity contribution in [3.05, 3.63) is 71.0 Å². The number of carbonyl (C=O) groups is 1. The fraction of sp³-hybridized carbons (Fsp3) is 0.0625. The SMILES string of the molecule is O=C(/C=C/c1ccc2c(c1)B(O)OC2)c1ccc(F)cc1. The van der Waals surface area contributed by atoms with Gasteiger partial charge in [0.15, 0.2) is 5.78 Å². The predicted octanol–water partition coefficient (Wildman–Crippen LogP) is 1.94. The fourth-order valence-electron chi connectivity index (χ4n) is 2.22. The average Bonchev–Trinajstić information content (AvgIpc) is 2.87. The summed E-state index contributed by atoms with van der Waals surface area (Å²) in [4.78, 5) is 11.9. The lowest BCUT2D eigenvalue weighted by molar-refractivity contribution is 0.104. The van der Waals surface area contributed by atoms with E-state index in [1.807, 2.05) is 12.1 Å². The maximum atomic E-state index is 12.8. The van der Waals surface area contributed by atoms with Crippen molar-refractivity contribution in [1.29, 1.82) is 0 Å². The molecule has 104 valence electrons. The summed E-state index contributed by atoms with van der Waals surface area (Å²) >= 11 is 0. The lowest BCUT2D eigenvalue weighted by Crippen LogP contribution is -2.28. The van der Waals surface area contributed by atoms with Gasteiger partial charge in [0.05, 0.1) is 6.61 Å². The summed E-state index contributed by atoms with van der Waals surface area (Å²) in [5.41, 5.74) is 2.90. The minimum Gasteiger partial charge on any atom is -0.423 e. The molecule has 0 saturated carbocycles. The molecule has 0 fully saturated rings. The number of ketones is 1. The molecule has 0 bridgehead atoms. The summed E-state index contributed by atoms with van der Waals surface area (Å²) in [6.45, 7) is 0.398. The van der Waals surface area contributed by atoms with Crippen LogP contribution in [-0.2, 0) is 11.3 Å². The number of fused-ring (bicyclic) bond motifs is 1. The monoisotopic (exact) mass is 282 g/mol. The highest BCUT2D eigenvalue weighted by Crippen LogP contribution is 2.13. The Morgan fingerprint density at radius 1 is 1.24 bits per heavy atom. The molecule has 2 aromatic rings. The highest BCUT2D eigenvalue weighted by molar-refractivity contribution is 6.61. The molecular formula is C16H12BFO3. The molecule has 0 aromatic heterocycles. The highest BCUT2D eigenvalue weighted by Gasteiger charge is 2.26. The van der Waals surface area contributed by atoms with Crippen LogP contribution in [0.2, 0.25) is 0 Å². The van der Waals surface area contributed by atoms with Crippen molar-refractivity contribution >= 4 is 24.4 Å². The molecule has 0 unspecified atom stereocenters. The molecule has 1 N–H and O–H groups in total. The van der Waals surface area contributed by atoms with Gasteiger partial charge < -0.3 is 9.68 Å². The van der Waals surface area contributed by atoms with Crippen LogP contribution in [0.1, 0.15) is 21.5 Å². The molecule has 2 aromatic carbocycles. The van der Waals surface area contributed by atoms with Gasteiger partial charge in [-0.2, -0.15) is 0 Å². The second-order valence-corrected chi connectivity index (χ2v) is 4.83. The van der Waals surface area contributed by atoms with Gasteiger partial charge in [-0.05, 0) is 46.9 Å². The van der Waals surface area contributed by atoms with Crippen molar-refractivity contribution in [2.45, 2.75) is 6.61 Å². The van der Waals surface area contributed by atoms with Crippen LogP contribution >= 0.6 is 0 Å². The summed E-state index contributed by atoms with van der Waals surface area (Å²) < 4.78 is 17.9. The lowest BCUT2D eigenvalue weighted by atomic mass is 9.79. The van der Waals surface area contributed by atoms with Crippen LogP contribution < -0.4 is 5.46 Å². The number of hydrogen-bond acceptors (Lipinski definition) is 3. The molecule has 0 aliphatic carbocycles. The van der Waals surface area contributed by atoms with Gasteiger partial charge in [-0.15, -0.1) is 0 Å². The van der Waals surface area contributed by atoms with E-state index in [9.17, 15) is 14.2 Å². The van der Waals surface area contributed by atoms with E-state index in [2.05, 4.69) is 0 Å². The largest absolute Gasteiger partial charge is 0.491 e. The normalized spacial score (nSPS) is 13.7. The third kappa shape index (κ3) is 2.94. The maximum absolute atomic E-state index is 12.8.